The van der Waals surface area contributed by atoms with Crippen molar-refractivity contribution in [3.05, 3.63) is 40.4 Å². The molecule has 1 aromatic carbocycles. The number of primary amides is 1. The van der Waals surface area contributed by atoms with E-state index in [4.69, 9.17) is 10.5 Å². The van der Waals surface area contributed by atoms with Gasteiger partial charge in [0, 0.05) is 12.0 Å². The summed E-state index contributed by atoms with van der Waals surface area (Å²) in [7, 11) is 0. The first-order chi connectivity index (χ1) is 12.7. The minimum Gasteiger partial charge on any atom is -0.482 e. The van der Waals surface area contributed by atoms with Gasteiger partial charge in [0.1, 0.15) is 24.0 Å². The number of aliphatic hydroxyl groups is 2. The summed E-state index contributed by atoms with van der Waals surface area (Å²) in [6.45, 7) is 3.84. The van der Waals surface area contributed by atoms with Crippen LogP contribution < -0.4 is 15.8 Å². The average Bonchev–Trinajstić information content (AvgIpc) is 2.59. The molecule has 1 aliphatic rings. The number of para-hydroxylation sites is 1. The quantitative estimate of drug-likeness (QED) is 0.508. The third-order valence-electron chi connectivity index (χ3n) is 4.27. The zero-order valence-electron chi connectivity index (χ0n) is 15.3. The van der Waals surface area contributed by atoms with Gasteiger partial charge in [-0.25, -0.2) is 0 Å². The number of hydrogen-bond donors (Lipinski definition) is 4. The van der Waals surface area contributed by atoms with E-state index in [0.717, 1.165) is 0 Å². The second kappa shape index (κ2) is 9.34. The number of benzene rings is 1. The van der Waals surface area contributed by atoms with E-state index in [9.17, 15) is 19.8 Å². The Bertz CT molecular complexity index is 722. The molecule has 0 saturated carbocycles. The highest BCUT2D eigenvalue weighted by Crippen LogP contribution is 2.29. The van der Waals surface area contributed by atoms with Crippen molar-refractivity contribution in [1.82, 2.24) is 5.32 Å². The first-order valence-electron chi connectivity index (χ1n) is 8.77. The van der Waals surface area contributed by atoms with Gasteiger partial charge in [-0.2, -0.15) is 0 Å². The molecule has 1 aliphatic carbocycles. The van der Waals surface area contributed by atoms with Crippen molar-refractivity contribution in [2.75, 3.05) is 0 Å². The molecule has 148 valence electrons. The summed E-state index contributed by atoms with van der Waals surface area (Å²) >= 11 is 3.35. The van der Waals surface area contributed by atoms with Crippen LogP contribution in [0.3, 0.4) is 0 Å². The number of hydrogen-bond acceptors (Lipinski definition) is 5. The van der Waals surface area contributed by atoms with Crippen molar-refractivity contribution in [2.45, 2.75) is 51.0 Å². The van der Waals surface area contributed by atoms with E-state index >= 15 is 0 Å². The number of amides is 2. The van der Waals surface area contributed by atoms with Crippen LogP contribution in [0.1, 0.15) is 26.7 Å². The Balaban J connectivity index is 2.18. The molecule has 0 aliphatic heterocycles. The van der Waals surface area contributed by atoms with Crippen molar-refractivity contribution in [3.8, 4) is 5.75 Å². The lowest BCUT2D eigenvalue weighted by atomic mass is 9.91. The lowest BCUT2D eigenvalue weighted by Crippen LogP contribution is -2.49. The largest absolute Gasteiger partial charge is 0.482 e. The third kappa shape index (κ3) is 5.79. The summed E-state index contributed by atoms with van der Waals surface area (Å²) in [6, 6.07) is 6.27. The summed E-state index contributed by atoms with van der Waals surface area (Å²) in [5, 5.41) is 23.0. The number of rotatable bonds is 7. The normalized spacial score (nSPS) is 23.5. The molecule has 7 nitrogen and oxygen atoms in total. The number of aliphatic hydroxyl groups excluding tert-OH is 2. The summed E-state index contributed by atoms with van der Waals surface area (Å²) in [5.41, 5.74) is 5.60. The second-order valence-electron chi connectivity index (χ2n) is 7.02. The zero-order chi connectivity index (χ0) is 20.1. The Morgan fingerprint density at radius 3 is 2.59 bits per heavy atom. The lowest BCUT2D eigenvalue weighted by molar-refractivity contribution is -0.126. The molecule has 27 heavy (non-hydrogen) atoms. The monoisotopic (exact) mass is 440 g/mol. The number of halogens is 1. The fraction of sp³-hybridized carbons (Fsp3) is 0.474. The van der Waals surface area contributed by atoms with Crippen LogP contribution in [-0.4, -0.2) is 46.4 Å². The molecule has 0 saturated heterocycles. The molecule has 4 unspecified atom stereocenters. The van der Waals surface area contributed by atoms with Crippen LogP contribution in [0.4, 0.5) is 0 Å². The molecular weight excluding hydrogens is 416 g/mol. The van der Waals surface area contributed by atoms with E-state index in [0.29, 0.717) is 16.6 Å². The van der Waals surface area contributed by atoms with Crippen LogP contribution in [0.15, 0.2) is 40.4 Å². The molecule has 0 spiro atoms. The molecule has 0 bridgehead atoms. The number of nitrogens with one attached hydrogen (secondary N) is 1. The Morgan fingerprint density at radius 1 is 1.33 bits per heavy atom. The molecule has 0 aromatic heterocycles. The van der Waals surface area contributed by atoms with E-state index in [-0.39, 0.29) is 17.9 Å². The standard InChI is InChI=1S/C19H25BrN2O5/c1-10(2)7-13(18(21)25)22-19(26)11-8-14(23)17(24)16(9-11)27-15-6-4-3-5-12(15)20/h3-6,9-10,13-14,16-17,23-24H,7-8H2,1-2H3,(H2,21,25)(H,22,26). The zero-order valence-corrected chi connectivity index (χ0v) is 16.8. The van der Waals surface area contributed by atoms with Gasteiger partial charge in [-0.15, -0.1) is 0 Å². The van der Waals surface area contributed by atoms with Crippen molar-refractivity contribution in [1.29, 1.82) is 0 Å². The Kier molecular flexibility index (Phi) is 7.41. The molecule has 0 radical (unpaired) electrons. The number of ether oxygens (including phenoxy) is 1. The topological polar surface area (TPSA) is 122 Å². The van der Waals surface area contributed by atoms with Crippen molar-refractivity contribution < 1.29 is 24.5 Å². The van der Waals surface area contributed by atoms with Crippen molar-refractivity contribution in [2.24, 2.45) is 11.7 Å². The molecule has 8 heteroatoms. The number of carbonyl (C=O) groups is 2. The molecule has 2 rings (SSSR count). The van der Waals surface area contributed by atoms with Crippen LogP contribution in [0.25, 0.3) is 0 Å². The maximum atomic E-state index is 12.6. The molecule has 2 amide bonds. The van der Waals surface area contributed by atoms with E-state index in [1.165, 1.54) is 6.08 Å². The van der Waals surface area contributed by atoms with Crippen molar-refractivity contribution in [3.63, 3.8) is 0 Å². The maximum Gasteiger partial charge on any atom is 0.247 e. The molecule has 4 atom stereocenters. The van der Waals surface area contributed by atoms with E-state index in [1.807, 2.05) is 19.9 Å². The number of nitrogens with two attached hydrogens (primary N) is 1. The van der Waals surface area contributed by atoms with Gasteiger partial charge in [0.2, 0.25) is 11.8 Å². The molecular formula is C19H25BrN2O5. The van der Waals surface area contributed by atoms with Gasteiger partial charge in [-0.1, -0.05) is 26.0 Å². The first-order valence-corrected chi connectivity index (χ1v) is 9.56. The molecule has 1 aromatic rings. The minimum atomic E-state index is -1.18. The van der Waals surface area contributed by atoms with Gasteiger partial charge in [-0.3, -0.25) is 9.59 Å². The Hall–Kier alpha value is -1.90. The summed E-state index contributed by atoms with van der Waals surface area (Å²) < 4.78 is 6.44. The van der Waals surface area contributed by atoms with E-state index < -0.39 is 36.2 Å². The number of carbonyl (C=O) groups excluding carboxylic acids is 2. The third-order valence-corrected chi connectivity index (χ3v) is 4.93. The van der Waals surface area contributed by atoms with Crippen LogP contribution >= 0.6 is 15.9 Å². The summed E-state index contributed by atoms with van der Waals surface area (Å²) in [6.07, 6.45) is -1.42. The Morgan fingerprint density at radius 2 is 2.00 bits per heavy atom. The highest BCUT2D eigenvalue weighted by molar-refractivity contribution is 9.10. The minimum absolute atomic E-state index is 0.0457. The van der Waals surface area contributed by atoms with Crippen LogP contribution in [-0.2, 0) is 9.59 Å². The molecule has 0 fully saturated rings. The highest BCUT2D eigenvalue weighted by Gasteiger charge is 2.35. The van der Waals surface area contributed by atoms with Gasteiger partial charge in [0.05, 0.1) is 10.6 Å². The van der Waals surface area contributed by atoms with E-state index in [1.54, 1.807) is 18.2 Å². The summed E-state index contributed by atoms with van der Waals surface area (Å²) in [5.74, 6) is -0.482. The van der Waals surface area contributed by atoms with E-state index in [2.05, 4.69) is 21.2 Å². The highest BCUT2D eigenvalue weighted by atomic mass is 79.9. The van der Waals surface area contributed by atoms with Crippen LogP contribution in [0, 0.1) is 5.92 Å². The second-order valence-corrected chi connectivity index (χ2v) is 7.88. The van der Waals surface area contributed by atoms with Gasteiger partial charge >= 0.3 is 0 Å². The smallest absolute Gasteiger partial charge is 0.247 e. The van der Waals surface area contributed by atoms with Gasteiger partial charge in [0.15, 0.2) is 0 Å². The van der Waals surface area contributed by atoms with Crippen LogP contribution in [0.2, 0.25) is 0 Å². The predicted octanol–water partition coefficient (Wildman–Crippen LogP) is 1.26. The van der Waals surface area contributed by atoms with Gasteiger partial charge < -0.3 is 26.0 Å². The van der Waals surface area contributed by atoms with Crippen molar-refractivity contribution >= 4 is 27.7 Å². The van der Waals surface area contributed by atoms with Gasteiger partial charge in [0.25, 0.3) is 0 Å². The Labute approximate surface area is 166 Å². The first kappa shape index (κ1) is 21.4. The van der Waals surface area contributed by atoms with Crippen LogP contribution in [0.5, 0.6) is 5.75 Å². The fourth-order valence-electron chi connectivity index (χ4n) is 2.86. The molecule has 0 heterocycles. The average molecular weight is 441 g/mol. The van der Waals surface area contributed by atoms with Gasteiger partial charge in [-0.05, 0) is 46.5 Å². The molecule has 5 N–H and O–H groups in total. The SMILES string of the molecule is CC(C)CC(NC(=O)C1=CC(Oc2ccccc2Br)C(O)C(O)C1)C(N)=O. The lowest BCUT2D eigenvalue weighted by Gasteiger charge is -2.31. The summed E-state index contributed by atoms with van der Waals surface area (Å²) in [4.78, 5) is 24.1. The predicted molar refractivity (Wildman–Crippen MR) is 104 cm³/mol. The maximum absolute atomic E-state index is 12.6. The fourth-order valence-corrected chi connectivity index (χ4v) is 3.24.